The second-order valence-electron chi connectivity index (χ2n) is 6.25. The zero-order valence-electron chi connectivity index (χ0n) is 14.6. The second-order valence-corrected chi connectivity index (χ2v) is 7.39. The fraction of sp³-hybridized carbons (Fsp3) is 0.211. The summed E-state index contributed by atoms with van der Waals surface area (Å²) in [6.07, 6.45) is 2.60. The lowest BCUT2D eigenvalue weighted by Gasteiger charge is -2.28. The second kappa shape index (κ2) is 7.73. The molecule has 1 aliphatic rings. The molecule has 7 nitrogen and oxygen atoms in total. The van der Waals surface area contributed by atoms with Crippen molar-refractivity contribution in [2.75, 3.05) is 16.8 Å². The standard InChI is InChI=1S/C19H19N5O2S/c25-18(23-26)16-10-14-12-24(9-7-15(14)27-16)17-6-8-20-19(22-17)21-11-13-4-2-1-3-5-13/h1-6,8,10,26H,7,9,11-12H2,(H,23,25)(H,20,21,22). The average Bonchev–Trinajstić information content (AvgIpc) is 3.16. The van der Waals surface area contributed by atoms with Crippen LogP contribution in [0.5, 0.6) is 0 Å². The minimum absolute atomic E-state index is 0.463. The molecule has 1 amide bonds. The minimum atomic E-state index is -0.463. The average molecular weight is 381 g/mol. The van der Waals surface area contributed by atoms with Crippen molar-refractivity contribution in [3.63, 3.8) is 0 Å². The van der Waals surface area contributed by atoms with Gasteiger partial charge in [0.25, 0.3) is 5.91 Å². The van der Waals surface area contributed by atoms with Crippen LogP contribution in [0.25, 0.3) is 0 Å². The summed E-state index contributed by atoms with van der Waals surface area (Å²) in [6.45, 7) is 2.17. The van der Waals surface area contributed by atoms with Gasteiger partial charge in [-0.25, -0.2) is 10.5 Å². The van der Waals surface area contributed by atoms with Crippen LogP contribution in [0.1, 0.15) is 25.7 Å². The first-order valence-corrected chi connectivity index (χ1v) is 9.46. The Labute approximate surface area is 160 Å². The van der Waals surface area contributed by atoms with Crippen LogP contribution in [-0.2, 0) is 19.5 Å². The number of hydroxylamine groups is 1. The van der Waals surface area contributed by atoms with Crippen molar-refractivity contribution in [2.24, 2.45) is 0 Å². The molecule has 138 valence electrons. The summed E-state index contributed by atoms with van der Waals surface area (Å²) in [6, 6.07) is 13.8. The molecule has 0 fully saturated rings. The predicted molar refractivity (Wildman–Crippen MR) is 104 cm³/mol. The number of hydrogen-bond donors (Lipinski definition) is 3. The Hall–Kier alpha value is -2.97. The number of hydrogen-bond acceptors (Lipinski definition) is 7. The molecule has 1 aliphatic heterocycles. The van der Waals surface area contributed by atoms with Crippen LogP contribution >= 0.6 is 11.3 Å². The Balaban J connectivity index is 1.46. The molecule has 27 heavy (non-hydrogen) atoms. The van der Waals surface area contributed by atoms with Gasteiger partial charge in [0.1, 0.15) is 5.82 Å². The quantitative estimate of drug-likeness (QED) is 0.465. The summed E-state index contributed by atoms with van der Waals surface area (Å²) in [4.78, 5) is 24.4. The molecular weight excluding hydrogens is 362 g/mol. The summed E-state index contributed by atoms with van der Waals surface area (Å²) < 4.78 is 0. The first kappa shape index (κ1) is 17.4. The number of carbonyl (C=O) groups excluding carboxylic acids is 1. The summed E-state index contributed by atoms with van der Waals surface area (Å²) in [7, 11) is 0. The van der Waals surface area contributed by atoms with Gasteiger partial charge >= 0.3 is 0 Å². The topological polar surface area (TPSA) is 90.4 Å². The van der Waals surface area contributed by atoms with E-state index in [4.69, 9.17) is 5.21 Å². The molecule has 8 heteroatoms. The fourth-order valence-corrected chi connectivity index (χ4v) is 4.14. The molecule has 4 rings (SSSR count). The maximum Gasteiger partial charge on any atom is 0.284 e. The van der Waals surface area contributed by atoms with Gasteiger partial charge in [0.05, 0.1) is 4.88 Å². The van der Waals surface area contributed by atoms with Crippen LogP contribution in [0, 0.1) is 0 Å². The highest BCUT2D eigenvalue weighted by Gasteiger charge is 2.22. The van der Waals surface area contributed by atoms with Crippen molar-refractivity contribution in [1.82, 2.24) is 15.4 Å². The number of fused-ring (bicyclic) bond motifs is 1. The van der Waals surface area contributed by atoms with E-state index < -0.39 is 5.91 Å². The molecule has 0 atom stereocenters. The molecule has 0 unspecified atom stereocenters. The van der Waals surface area contributed by atoms with Gasteiger partial charge in [-0.15, -0.1) is 11.3 Å². The molecule has 3 aromatic rings. The number of thiophene rings is 1. The Morgan fingerprint density at radius 1 is 1.26 bits per heavy atom. The van der Waals surface area contributed by atoms with Crippen LogP contribution in [0.3, 0.4) is 0 Å². The van der Waals surface area contributed by atoms with Gasteiger partial charge < -0.3 is 10.2 Å². The highest BCUT2D eigenvalue weighted by Crippen LogP contribution is 2.30. The number of benzene rings is 1. The maximum atomic E-state index is 11.6. The number of anilines is 2. The van der Waals surface area contributed by atoms with E-state index in [9.17, 15) is 4.79 Å². The van der Waals surface area contributed by atoms with E-state index in [0.717, 1.165) is 24.3 Å². The van der Waals surface area contributed by atoms with Crippen LogP contribution in [0.15, 0.2) is 48.7 Å². The van der Waals surface area contributed by atoms with E-state index in [1.165, 1.54) is 21.8 Å². The highest BCUT2D eigenvalue weighted by atomic mass is 32.1. The summed E-state index contributed by atoms with van der Waals surface area (Å²) in [5.41, 5.74) is 3.97. The number of rotatable bonds is 5. The van der Waals surface area contributed by atoms with Crippen molar-refractivity contribution >= 4 is 29.0 Å². The molecule has 2 aromatic heterocycles. The minimum Gasteiger partial charge on any atom is -0.352 e. The van der Waals surface area contributed by atoms with Crippen molar-refractivity contribution in [3.8, 4) is 0 Å². The van der Waals surface area contributed by atoms with Crippen molar-refractivity contribution in [2.45, 2.75) is 19.5 Å². The van der Waals surface area contributed by atoms with Crippen LogP contribution < -0.4 is 15.7 Å². The Morgan fingerprint density at radius 3 is 2.93 bits per heavy atom. The van der Waals surface area contributed by atoms with Crippen LogP contribution in [0.4, 0.5) is 11.8 Å². The van der Waals surface area contributed by atoms with E-state index >= 15 is 0 Å². The van der Waals surface area contributed by atoms with E-state index in [-0.39, 0.29) is 0 Å². The number of amides is 1. The summed E-state index contributed by atoms with van der Waals surface area (Å²) in [5, 5.41) is 12.1. The molecule has 0 aliphatic carbocycles. The third-order valence-electron chi connectivity index (χ3n) is 4.45. The molecule has 3 heterocycles. The van der Waals surface area contributed by atoms with Crippen LogP contribution in [-0.4, -0.2) is 27.6 Å². The molecule has 0 radical (unpaired) electrons. The number of nitrogens with one attached hydrogen (secondary N) is 2. The van der Waals surface area contributed by atoms with Gasteiger partial charge in [-0.3, -0.25) is 10.0 Å². The first-order valence-electron chi connectivity index (χ1n) is 8.65. The fourth-order valence-electron chi connectivity index (χ4n) is 3.08. The number of carbonyl (C=O) groups is 1. The zero-order valence-corrected chi connectivity index (χ0v) is 15.4. The summed E-state index contributed by atoms with van der Waals surface area (Å²) in [5.74, 6) is 0.980. The lowest BCUT2D eigenvalue weighted by atomic mass is 10.1. The molecule has 0 bridgehead atoms. The van der Waals surface area contributed by atoms with E-state index in [2.05, 4.69) is 32.3 Å². The molecule has 0 saturated heterocycles. The van der Waals surface area contributed by atoms with Gasteiger partial charge in [-0.05, 0) is 29.7 Å². The van der Waals surface area contributed by atoms with Crippen molar-refractivity contribution < 1.29 is 10.0 Å². The van der Waals surface area contributed by atoms with Crippen molar-refractivity contribution in [1.29, 1.82) is 0 Å². The van der Waals surface area contributed by atoms with Gasteiger partial charge in [-0.2, -0.15) is 4.98 Å². The van der Waals surface area contributed by atoms with Gasteiger partial charge in [0, 0.05) is 30.7 Å². The predicted octanol–water partition coefficient (Wildman–Crippen LogP) is 2.83. The van der Waals surface area contributed by atoms with E-state index in [1.54, 1.807) is 11.7 Å². The molecule has 0 spiro atoms. The SMILES string of the molecule is O=C(NO)c1cc2c(s1)CCN(c1ccnc(NCc3ccccc3)n1)C2. The van der Waals surface area contributed by atoms with Gasteiger partial charge in [-0.1, -0.05) is 30.3 Å². The number of nitrogens with zero attached hydrogens (tertiary/aromatic N) is 3. The van der Waals surface area contributed by atoms with E-state index in [1.807, 2.05) is 30.3 Å². The Bertz CT molecular complexity index is 944. The zero-order chi connectivity index (χ0) is 18.6. The largest absolute Gasteiger partial charge is 0.352 e. The number of aromatic nitrogens is 2. The summed E-state index contributed by atoms with van der Waals surface area (Å²) >= 11 is 1.43. The third-order valence-corrected chi connectivity index (χ3v) is 5.69. The Kier molecular flexibility index (Phi) is 4.99. The first-order chi connectivity index (χ1) is 13.2. The lowest BCUT2D eigenvalue weighted by Crippen LogP contribution is -2.30. The monoisotopic (exact) mass is 381 g/mol. The third kappa shape index (κ3) is 3.91. The maximum absolute atomic E-state index is 11.6. The molecular formula is C19H19N5O2S. The van der Waals surface area contributed by atoms with Gasteiger partial charge in [0.15, 0.2) is 0 Å². The highest BCUT2D eigenvalue weighted by molar-refractivity contribution is 7.14. The van der Waals surface area contributed by atoms with Crippen molar-refractivity contribution in [3.05, 3.63) is 69.5 Å². The van der Waals surface area contributed by atoms with Crippen LogP contribution in [0.2, 0.25) is 0 Å². The molecule has 3 N–H and O–H groups in total. The smallest absolute Gasteiger partial charge is 0.284 e. The Morgan fingerprint density at radius 2 is 2.11 bits per heavy atom. The van der Waals surface area contributed by atoms with E-state index in [0.29, 0.717) is 23.9 Å². The van der Waals surface area contributed by atoms with Gasteiger partial charge in [0.2, 0.25) is 5.95 Å². The molecule has 1 aromatic carbocycles. The normalized spacial score (nSPS) is 13.1. The molecule has 0 saturated carbocycles. The lowest BCUT2D eigenvalue weighted by molar-refractivity contribution is 0.0711.